The van der Waals surface area contributed by atoms with Crippen molar-refractivity contribution in [1.82, 2.24) is 9.80 Å². The monoisotopic (exact) mass is 306 g/mol. The largest absolute Gasteiger partial charge is 0.462 e. The maximum atomic E-state index is 11.9. The van der Waals surface area contributed by atoms with Crippen molar-refractivity contribution in [2.75, 3.05) is 40.3 Å². The van der Waals surface area contributed by atoms with E-state index in [1.54, 1.807) is 0 Å². The van der Waals surface area contributed by atoms with E-state index in [-0.39, 0.29) is 5.97 Å². The van der Waals surface area contributed by atoms with Crippen LogP contribution in [0.5, 0.6) is 0 Å². The lowest BCUT2D eigenvalue weighted by Gasteiger charge is -2.22. The molecular weight excluding hydrogens is 276 g/mol. The number of hydrogen-bond acceptors (Lipinski definition) is 4. The average Bonchev–Trinajstić information content (AvgIpc) is 2.49. The fourth-order valence-corrected chi connectivity index (χ4v) is 2.02. The van der Waals surface area contributed by atoms with Gasteiger partial charge in [0.25, 0.3) is 0 Å². The van der Waals surface area contributed by atoms with Crippen molar-refractivity contribution in [3.05, 3.63) is 35.4 Å². The van der Waals surface area contributed by atoms with Gasteiger partial charge in [-0.1, -0.05) is 32.9 Å². The molecule has 0 spiro atoms. The predicted octanol–water partition coefficient (Wildman–Crippen LogP) is 2.88. The third kappa shape index (κ3) is 7.05. The van der Waals surface area contributed by atoms with E-state index in [9.17, 15) is 4.79 Å². The second kappa shape index (κ2) is 9.59. The molecule has 0 aliphatic heterocycles. The molecule has 124 valence electrons. The van der Waals surface area contributed by atoms with Gasteiger partial charge in [0.2, 0.25) is 0 Å². The van der Waals surface area contributed by atoms with Gasteiger partial charge in [-0.05, 0) is 44.3 Å². The first kappa shape index (κ1) is 18.7. The lowest BCUT2D eigenvalue weighted by Crippen LogP contribution is -2.31. The van der Waals surface area contributed by atoms with Gasteiger partial charge in [0, 0.05) is 19.6 Å². The lowest BCUT2D eigenvalue weighted by molar-refractivity contribution is 0.0459. The zero-order valence-electron chi connectivity index (χ0n) is 14.6. The summed E-state index contributed by atoms with van der Waals surface area (Å²) in [5.41, 5.74) is 1.85. The molecule has 0 heterocycles. The molecule has 0 saturated carbocycles. The summed E-state index contributed by atoms with van der Waals surface area (Å²) >= 11 is 0. The van der Waals surface area contributed by atoms with Crippen molar-refractivity contribution in [2.45, 2.75) is 27.3 Å². The number of nitrogens with zero attached hydrogens (tertiary/aromatic N) is 2. The average molecular weight is 306 g/mol. The number of carbonyl (C=O) groups excluding carboxylic acids is 1. The molecular formula is C18H30N2O2. The minimum atomic E-state index is -0.236. The predicted molar refractivity (Wildman–Crippen MR) is 91.1 cm³/mol. The molecule has 0 bridgehead atoms. The van der Waals surface area contributed by atoms with Gasteiger partial charge in [0.05, 0.1) is 12.2 Å². The van der Waals surface area contributed by atoms with E-state index >= 15 is 0 Å². The molecule has 0 aliphatic carbocycles. The van der Waals surface area contributed by atoms with Gasteiger partial charge in [-0.3, -0.25) is 4.90 Å². The zero-order chi connectivity index (χ0) is 16.5. The van der Waals surface area contributed by atoms with Crippen LogP contribution in [-0.2, 0) is 11.3 Å². The van der Waals surface area contributed by atoms with Crippen molar-refractivity contribution >= 4 is 5.97 Å². The first-order chi connectivity index (χ1) is 10.4. The topological polar surface area (TPSA) is 32.8 Å². The minimum absolute atomic E-state index is 0.236. The maximum Gasteiger partial charge on any atom is 0.338 e. The SMILES string of the molecule is CCN(CCN(C)C)Cc1ccc(C(=O)OCC(C)C)cc1. The van der Waals surface area contributed by atoms with E-state index in [1.165, 1.54) is 5.56 Å². The van der Waals surface area contributed by atoms with E-state index < -0.39 is 0 Å². The Labute approximate surface area is 135 Å². The third-order valence-electron chi connectivity index (χ3n) is 3.45. The van der Waals surface area contributed by atoms with Crippen molar-refractivity contribution in [3.8, 4) is 0 Å². The Hall–Kier alpha value is -1.39. The zero-order valence-corrected chi connectivity index (χ0v) is 14.6. The number of ether oxygens (including phenoxy) is 1. The number of hydrogen-bond donors (Lipinski definition) is 0. The Kier molecular flexibility index (Phi) is 8.13. The van der Waals surface area contributed by atoms with Crippen LogP contribution in [0.15, 0.2) is 24.3 Å². The first-order valence-corrected chi connectivity index (χ1v) is 8.05. The van der Waals surface area contributed by atoms with E-state index in [0.717, 1.165) is 26.2 Å². The van der Waals surface area contributed by atoms with Crippen molar-refractivity contribution in [3.63, 3.8) is 0 Å². The van der Waals surface area contributed by atoms with Crippen LogP contribution in [-0.4, -0.2) is 56.1 Å². The number of esters is 1. The summed E-state index contributed by atoms with van der Waals surface area (Å²) in [6, 6.07) is 7.75. The quantitative estimate of drug-likeness (QED) is 0.657. The Balaban J connectivity index is 2.54. The van der Waals surface area contributed by atoms with Crippen molar-refractivity contribution in [2.24, 2.45) is 5.92 Å². The summed E-state index contributed by atoms with van der Waals surface area (Å²) in [6.45, 7) is 10.7. The number of benzene rings is 1. The number of likely N-dealkylation sites (N-methyl/N-ethyl adjacent to an activating group) is 2. The highest BCUT2D eigenvalue weighted by Gasteiger charge is 2.09. The Morgan fingerprint density at radius 1 is 1.14 bits per heavy atom. The Morgan fingerprint density at radius 2 is 1.77 bits per heavy atom. The summed E-state index contributed by atoms with van der Waals surface area (Å²) in [4.78, 5) is 16.5. The highest BCUT2D eigenvalue weighted by Crippen LogP contribution is 2.09. The second-order valence-electron chi connectivity index (χ2n) is 6.36. The normalized spacial score (nSPS) is 11.5. The van der Waals surface area contributed by atoms with Gasteiger partial charge in [-0.25, -0.2) is 4.79 Å². The smallest absolute Gasteiger partial charge is 0.338 e. The molecule has 0 aliphatic rings. The van der Waals surface area contributed by atoms with Gasteiger partial charge < -0.3 is 9.64 Å². The van der Waals surface area contributed by atoms with Crippen LogP contribution in [0, 0.1) is 5.92 Å². The standard InChI is InChI=1S/C18H30N2O2/c1-6-20(12-11-19(4)5)13-16-7-9-17(10-8-16)18(21)22-14-15(2)3/h7-10,15H,6,11-14H2,1-5H3. The van der Waals surface area contributed by atoms with E-state index in [4.69, 9.17) is 4.74 Å². The van der Waals surface area contributed by atoms with E-state index in [1.807, 2.05) is 38.1 Å². The summed E-state index contributed by atoms with van der Waals surface area (Å²) in [7, 11) is 4.18. The molecule has 0 N–H and O–H groups in total. The molecule has 1 aromatic carbocycles. The van der Waals surface area contributed by atoms with Gasteiger partial charge in [0.1, 0.15) is 0 Å². The fourth-order valence-electron chi connectivity index (χ4n) is 2.02. The highest BCUT2D eigenvalue weighted by atomic mass is 16.5. The summed E-state index contributed by atoms with van der Waals surface area (Å²) in [5, 5.41) is 0. The van der Waals surface area contributed by atoms with E-state index in [2.05, 4.69) is 30.8 Å². The number of carbonyl (C=O) groups is 1. The molecule has 22 heavy (non-hydrogen) atoms. The number of rotatable bonds is 9. The molecule has 0 fully saturated rings. The third-order valence-corrected chi connectivity index (χ3v) is 3.45. The van der Waals surface area contributed by atoms with Crippen LogP contribution in [0.3, 0.4) is 0 Å². The molecule has 0 saturated heterocycles. The second-order valence-corrected chi connectivity index (χ2v) is 6.36. The van der Waals surface area contributed by atoms with Crippen molar-refractivity contribution < 1.29 is 9.53 Å². The Bertz CT molecular complexity index is 441. The molecule has 0 atom stereocenters. The van der Waals surface area contributed by atoms with Crippen LogP contribution in [0.4, 0.5) is 0 Å². The Morgan fingerprint density at radius 3 is 2.27 bits per heavy atom. The maximum absolute atomic E-state index is 11.9. The van der Waals surface area contributed by atoms with Crippen LogP contribution in [0.2, 0.25) is 0 Å². The van der Waals surface area contributed by atoms with Gasteiger partial charge in [-0.15, -0.1) is 0 Å². The minimum Gasteiger partial charge on any atom is -0.462 e. The highest BCUT2D eigenvalue weighted by molar-refractivity contribution is 5.89. The van der Waals surface area contributed by atoms with Gasteiger partial charge in [0.15, 0.2) is 0 Å². The lowest BCUT2D eigenvalue weighted by atomic mass is 10.1. The summed E-state index contributed by atoms with van der Waals surface area (Å²) in [5.74, 6) is 0.123. The molecule has 4 nitrogen and oxygen atoms in total. The van der Waals surface area contributed by atoms with Crippen LogP contribution >= 0.6 is 0 Å². The molecule has 0 radical (unpaired) electrons. The van der Waals surface area contributed by atoms with Crippen LogP contribution < -0.4 is 0 Å². The van der Waals surface area contributed by atoms with Crippen molar-refractivity contribution in [1.29, 1.82) is 0 Å². The molecule has 0 amide bonds. The first-order valence-electron chi connectivity index (χ1n) is 8.05. The van der Waals surface area contributed by atoms with Crippen LogP contribution in [0.1, 0.15) is 36.7 Å². The molecule has 1 aromatic rings. The summed E-state index contributed by atoms with van der Waals surface area (Å²) < 4.78 is 5.24. The molecule has 4 heteroatoms. The fraction of sp³-hybridized carbons (Fsp3) is 0.611. The molecule has 0 unspecified atom stereocenters. The van der Waals surface area contributed by atoms with E-state index in [0.29, 0.717) is 18.1 Å². The van der Waals surface area contributed by atoms with Gasteiger partial charge in [-0.2, -0.15) is 0 Å². The van der Waals surface area contributed by atoms with Gasteiger partial charge >= 0.3 is 5.97 Å². The molecule has 0 aromatic heterocycles. The summed E-state index contributed by atoms with van der Waals surface area (Å²) in [6.07, 6.45) is 0. The molecule has 1 rings (SSSR count). The van der Waals surface area contributed by atoms with Crippen LogP contribution in [0.25, 0.3) is 0 Å².